The Morgan fingerprint density at radius 2 is 2.12 bits per heavy atom. The van der Waals surface area contributed by atoms with Gasteiger partial charge in [-0.3, -0.25) is 5.10 Å². The Kier molecular flexibility index (Phi) is 3.52. The van der Waals surface area contributed by atoms with E-state index in [0.29, 0.717) is 16.3 Å². The van der Waals surface area contributed by atoms with Gasteiger partial charge in [-0.1, -0.05) is 11.6 Å². The van der Waals surface area contributed by atoms with Gasteiger partial charge in [0, 0.05) is 9.92 Å². The summed E-state index contributed by atoms with van der Waals surface area (Å²) in [6, 6.07) is 7.61. The quantitative estimate of drug-likeness (QED) is 0.512. The van der Waals surface area contributed by atoms with Gasteiger partial charge in [0.1, 0.15) is 0 Å². The lowest BCUT2D eigenvalue weighted by atomic mass is 10.4. The van der Waals surface area contributed by atoms with Crippen molar-refractivity contribution in [2.24, 2.45) is 0 Å². The summed E-state index contributed by atoms with van der Waals surface area (Å²) < 4.78 is 1.80. The van der Waals surface area contributed by atoms with E-state index in [1.54, 1.807) is 11.8 Å². The molecule has 0 fully saturated rings. The molecule has 0 bridgehead atoms. The van der Waals surface area contributed by atoms with Crippen molar-refractivity contribution in [2.45, 2.75) is 10.6 Å². The number of hydrogen-bond acceptors (Lipinski definition) is 4. The highest BCUT2D eigenvalue weighted by Gasteiger charge is 2.03. The number of benzene rings is 1. The summed E-state index contributed by atoms with van der Waals surface area (Å²) in [5.41, 5.74) is 0. The average molecular weight is 273 g/mol. The predicted octanol–water partition coefficient (Wildman–Crippen LogP) is 2.60. The van der Waals surface area contributed by atoms with Crippen LogP contribution >= 0.6 is 35.6 Å². The third kappa shape index (κ3) is 2.58. The summed E-state index contributed by atoms with van der Waals surface area (Å²) in [5, 5.41) is 7.39. The van der Waals surface area contributed by atoms with E-state index in [0.717, 1.165) is 9.92 Å². The van der Waals surface area contributed by atoms with Crippen LogP contribution in [0.4, 0.5) is 0 Å². The Balaban J connectivity index is 2.05. The zero-order valence-electron chi connectivity index (χ0n) is 8.18. The highest BCUT2D eigenvalue weighted by atomic mass is 35.5. The summed E-state index contributed by atoms with van der Waals surface area (Å²) in [7, 11) is 0. The van der Waals surface area contributed by atoms with Crippen LogP contribution in [0.2, 0.25) is 5.02 Å². The van der Waals surface area contributed by atoms with E-state index in [4.69, 9.17) is 29.7 Å². The molecule has 0 radical (unpaired) electrons. The average Bonchev–Trinajstić information content (AvgIpc) is 2.60. The Labute approximate surface area is 107 Å². The van der Waals surface area contributed by atoms with Gasteiger partial charge in [-0.05, 0) is 36.5 Å². The van der Waals surface area contributed by atoms with Crippen molar-refractivity contribution in [3.8, 4) is 0 Å². The fraction of sp³-hybridized carbons (Fsp3) is 0.111. The van der Waals surface area contributed by atoms with E-state index in [-0.39, 0.29) is 0 Å². The third-order valence-electron chi connectivity index (χ3n) is 1.96. The molecule has 0 spiro atoms. The van der Waals surface area contributed by atoms with Gasteiger partial charge in [0.05, 0.1) is 5.75 Å². The monoisotopic (exact) mass is 272 g/mol. The van der Waals surface area contributed by atoms with Gasteiger partial charge in [0.15, 0.2) is 5.82 Å². The Hall–Kier alpha value is -0.980. The molecule has 16 heavy (non-hydrogen) atoms. The van der Waals surface area contributed by atoms with E-state index >= 15 is 0 Å². The highest BCUT2D eigenvalue weighted by Crippen LogP contribution is 2.23. The number of rotatable bonds is 3. The van der Waals surface area contributed by atoms with Crippen LogP contribution in [0.1, 0.15) is 5.82 Å². The normalized spacial score (nSPS) is 10.6. The molecule has 0 saturated carbocycles. The van der Waals surface area contributed by atoms with Crippen LogP contribution in [0.15, 0.2) is 29.2 Å². The number of nitrogens with one attached hydrogen (secondary N) is 1. The molecular weight excluding hydrogens is 264 g/mol. The molecule has 0 aliphatic carbocycles. The van der Waals surface area contributed by atoms with Crippen LogP contribution in [-0.2, 0) is 5.75 Å². The number of H-pyrrole nitrogens is 1. The first-order valence-electron chi connectivity index (χ1n) is 4.46. The first-order valence-corrected chi connectivity index (χ1v) is 6.24. The lowest BCUT2D eigenvalue weighted by Gasteiger charge is -2.01. The molecule has 1 heterocycles. The molecule has 7 heteroatoms. The molecule has 0 aliphatic heterocycles. The van der Waals surface area contributed by atoms with Crippen molar-refractivity contribution in [2.75, 3.05) is 5.84 Å². The summed E-state index contributed by atoms with van der Waals surface area (Å²) in [6.07, 6.45) is 0. The van der Waals surface area contributed by atoms with Crippen LogP contribution in [-0.4, -0.2) is 14.9 Å². The van der Waals surface area contributed by atoms with E-state index in [1.165, 1.54) is 4.68 Å². The number of hydrogen-bond donors (Lipinski definition) is 2. The summed E-state index contributed by atoms with van der Waals surface area (Å²) in [4.78, 5) is 1.11. The van der Waals surface area contributed by atoms with Crippen LogP contribution < -0.4 is 5.84 Å². The molecule has 0 saturated heterocycles. The third-order valence-corrected chi connectivity index (χ3v) is 3.51. The fourth-order valence-corrected chi connectivity index (χ4v) is 2.22. The van der Waals surface area contributed by atoms with Crippen molar-refractivity contribution < 1.29 is 0 Å². The van der Waals surface area contributed by atoms with Gasteiger partial charge in [-0.15, -0.1) is 11.8 Å². The second-order valence-electron chi connectivity index (χ2n) is 3.06. The fourth-order valence-electron chi connectivity index (χ4n) is 1.12. The molecule has 84 valence electrons. The summed E-state index contributed by atoms with van der Waals surface area (Å²) in [5.74, 6) is 7.05. The number of halogens is 1. The molecular formula is C9H9ClN4S2. The minimum atomic E-state index is 0.423. The van der Waals surface area contributed by atoms with Crippen molar-refractivity contribution in [1.29, 1.82) is 0 Å². The van der Waals surface area contributed by atoms with Crippen molar-refractivity contribution in [1.82, 2.24) is 14.9 Å². The number of aromatic amines is 1. The molecule has 1 aromatic heterocycles. The molecule has 3 N–H and O–H groups in total. The molecule has 0 atom stereocenters. The zero-order valence-corrected chi connectivity index (χ0v) is 10.6. The van der Waals surface area contributed by atoms with Crippen LogP contribution in [0, 0.1) is 4.77 Å². The lowest BCUT2D eigenvalue weighted by molar-refractivity contribution is 0.906. The number of nitrogens with two attached hydrogens (primary N) is 1. The Bertz CT molecular complexity index is 531. The standard InChI is InChI=1S/C9H9ClN4S2/c10-6-1-3-7(4-2-6)16-5-8-12-13-9(15)14(8)11/h1-4H,5,11H2,(H,13,15). The predicted molar refractivity (Wildman–Crippen MR) is 68.6 cm³/mol. The van der Waals surface area contributed by atoms with E-state index in [1.807, 2.05) is 24.3 Å². The second-order valence-corrected chi connectivity index (χ2v) is 4.93. The molecule has 0 unspecified atom stereocenters. The first-order chi connectivity index (χ1) is 7.66. The van der Waals surface area contributed by atoms with Gasteiger partial charge in [-0.2, -0.15) is 5.10 Å². The summed E-state index contributed by atoms with van der Waals surface area (Å²) in [6.45, 7) is 0. The maximum absolute atomic E-state index is 5.79. The number of nitrogen functional groups attached to an aromatic ring is 1. The van der Waals surface area contributed by atoms with Crippen LogP contribution in [0.3, 0.4) is 0 Å². The largest absolute Gasteiger partial charge is 0.335 e. The maximum atomic E-state index is 5.79. The van der Waals surface area contributed by atoms with E-state index in [2.05, 4.69) is 10.2 Å². The minimum absolute atomic E-state index is 0.423. The van der Waals surface area contributed by atoms with Gasteiger partial charge < -0.3 is 5.84 Å². The van der Waals surface area contributed by atoms with Crippen molar-refractivity contribution in [3.05, 3.63) is 39.9 Å². The van der Waals surface area contributed by atoms with Gasteiger partial charge >= 0.3 is 0 Å². The SMILES string of the molecule is Nn1c(CSc2ccc(Cl)cc2)n[nH]c1=S. The second kappa shape index (κ2) is 4.90. The van der Waals surface area contributed by atoms with Gasteiger partial charge in [-0.25, -0.2) is 4.68 Å². The van der Waals surface area contributed by atoms with Gasteiger partial charge in [0.2, 0.25) is 4.77 Å². The Morgan fingerprint density at radius 3 is 2.69 bits per heavy atom. The van der Waals surface area contributed by atoms with Crippen molar-refractivity contribution >= 4 is 35.6 Å². The van der Waals surface area contributed by atoms with Gasteiger partial charge in [0.25, 0.3) is 0 Å². The molecule has 2 rings (SSSR count). The topological polar surface area (TPSA) is 59.6 Å². The molecule has 4 nitrogen and oxygen atoms in total. The maximum Gasteiger partial charge on any atom is 0.214 e. The van der Waals surface area contributed by atoms with E-state index in [9.17, 15) is 0 Å². The lowest BCUT2D eigenvalue weighted by Crippen LogP contribution is -2.11. The number of thioether (sulfide) groups is 1. The summed E-state index contributed by atoms with van der Waals surface area (Å²) >= 11 is 12.3. The zero-order chi connectivity index (χ0) is 11.5. The van der Waals surface area contributed by atoms with Crippen LogP contribution in [0.25, 0.3) is 0 Å². The van der Waals surface area contributed by atoms with E-state index < -0.39 is 0 Å². The minimum Gasteiger partial charge on any atom is -0.335 e. The molecule has 2 aromatic rings. The van der Waals surface area contributed by atoms with Crippen LogP contribution in [0.5, 0.6) is 0 Å². The molecule has 0 amide bonds. The Morgan fingerprint density at radius 1 is 1.44 bits per heavy atom. The smallest absolute Gasteiger partial charge is 0.214 e. The molecule has 0 aliphatic rings. The first kappa shape index (κ1) is 11.5. The molecule has 1 aromatic carbocycles. The number of aromatic nitrogens is 3. The van der Waals surface area contributed by atoms with Crippen molar-refractivity contribution in [3.63, 3.8) is 0 Å². The highest BCUT2D eigenvalue weighted by molar-refractivity contribution is 7.98. The number of nitrogens with zero attached hydrogens (tertiary/aromatic N) is 2.